The Kier molecular flexibility index (Phi) is 8.68. The van der Waals surface area contributed by atoms with Gasteiger partial charge in [-0.1, -0.05) is 78.9 Å². The maximum atomic E-state index is 13.6. The van der Waals surface area contributed by atoms with Crippen molar-refractivity contribution in [1.82, 2.24) is 10.6 Å². The van der Waals surface area contributed by atoms with Crippen LogP contribution in [0.5, 0.6) is 0 Å². The van der Waals surface area contributed by atoms with Gasteiger partial charge in [-0.15, -0.1) is 0 Å². The monoisotopic (exact) mass is 550 g/mol. The SMILES string of the molecule is COC(=O)[C@H](CCSC)NC(=O)c1ccc(CNC2c3ccccc3-c3ccccc32)cc1-c1ccccc1C. The first-order chi connectivity index (χ1) is 19.5. The highest BCUT2D eigenvalue weighted by atomic mass is 32.2. The molecule has 0 heterocycles. The maximum Gasteiger partial charge on any atom is 0.328 e. The van der Waals surface area contributed by atoms with Crippen molar-refractivity contribution in [3.05, 3.63) is 119 Å². The third-order valence-electron chi connectivity index (χ3n) is 7.51. The molecule has 0 radical (unpaired) electrons. The Morgan fingerprint density at radius 3 is 2.10 bits per heavy atom. The van der Waals surface area contributed by atoms with Gasteiger partial charge in [0.2, 0.25) is 0 Å². The van der Waals surface area contributed by atoms with Crippen molar-refractivity contribution in [2.45, 2.75) is 32.0 Å². The zero-order valence-corrected chi connectivity index (χ0v) is 23.9. The van der Waals surface area contributed by atoms with Gasteiger partial charge in [-0.05, 0) is 82.0 Å². The summed E-state index contributed by atoms with van der Waals surface area (Å²) in [5.41, 5.74) is 9.61. The van der Waals surface area contributed by atoms with Crippen LogP contribution < -0.4 is 10.6 Å². The standard InChI is InChI=1S/C34H34N2O3S/c1-22-10-4-5-11-24(22)30-20-23(16-17-29(30)33(37)36-31(18-19-40-3)34(38)39-2)21-35-32-27-14-8-6-12-25(27)26-13-7-9-15-28(26)32/h4-17,20,31-32,35H,18-19,21H2,1-3H3,(H,36,37)/t31-/m0/s1. The molecule has 4 aromatic rings. The molecule has 2 N–H and O–H groups in total. The number of fused-ring (bicyclic) bond motifs is 3. The molecule has 1 atom stereocenters. The van der Waals surface area contributed by atoms with Crippen molar-refractivity contribution in [1.29, 1.82) is 0 Å². The van der Waals surface area contributed by atoms with Crippen LogP contribution in [-0.2, 0) is 16.1 Å². The van der Waals surface area contributed by atoms with E-state index in [-0.39, 0.29) is 11.9 Å². The number of rotatable bonds is 10. The van der Waals surface area contributed by atoms with Crippen LogP contribution in [0.2, 0.25) is 0 Å². The van der Waals surface area contributed by atoms with E-state index in [2.05, 4.69) is 65.2 Å². The lowest BCUT2D eigenvalue weighted by Gasteiger charge is -2.20. The topological polar surface area (TPSA) is 67.4 Å². The summed E-state index contributed by atoms with van der Waals surface area (Å²) < 4.78 is 4.96. The summed E-state index contributed by atoms with van der Waals surface area (Å²) in [6.45, 7) is 2.68. The zero-order chi connectivity index (χ0) is 28.1. The maximum absolute atomic E-state index is 13.6. The Balaban J connectivity index is 1.45. The number of aryl methyl sites for hydroxylation is 1. The molecule has 4 aromatic carbocycles. The molecule has 0 fully saturated rings. The molecule has 0 saturated heterocycles. The number of amides is 1. The Hall–Kier alpha value is -3.87. The normalized spacial score (nSPS) is 12.9. The fraction of sp³-hybridized carbons (Fsp3) is 0.235. The second-order valence-electron chi connectivity index (χ2n) is 10.0. The number of hydrogen-bond acceptors (Lipinski definition) is 5. The van der Waals surface area contributed by atoms with Gasteiger partial charge in [-0.3, -0.25) is 4.79 Å². The van der Waals surface area contributed by atoms with Crippen LogP contribution in [0.15, 0.2) is 91.0 Å². The number of esters is 1. The van der Waals surface area contributed by atoms with Gasteiger partial charge in [0.1, 0.15) is 6.04 Å². The molecule has 40 heavy (non-hydrogen) atoms. The second kappa shape index (κ2) is 12.5. The molecule has 1 aliphatic rings. The molecule has 204 valence electrons. The molecule has 1 aliphatic carbocycles. The fourth-order valence-electron chi connectivity index (χ4n) is 5.46. The van der Waals surface area contributed by atoms with Crippen molar-refractivity contribution >= 4 is 23.6 Å². The summed E-state index contributed by atoms with van der Waals surface area (Å²) >= 11 is 1.63. The van der Waals surface area contributed by atoms with Gasteiger partial charge >= 0.3 is 5.97 Å². The first-order valence-corrected chi connectivity index (χ1v) is 14.9. The third-order valence-corrected chi connectivity index (χ3v) is 8.15. The van der Waals surface area contributed by atoms with Crippen LogP contribution in [-0.4, -0.2) is 37.0 Å². The third kappa shape index (κ3) is 5.69. The van der Waals surface area contributed by atoms with E-state index in [4.69, 9.17) is 4.74 Å². The lowest BCUT2D eigenvalue weighted by atomic mass is 9.93. The summed E-state index contributed by atoms with van der Waals surface area (Å²) in [6.07, 6.45) is 2.48. The van der Waals surface area contributed by atoms with Crippen LogP contribution >= 0.6 is 11.8 Å². The summed E-state index contributed by atoms with van der Waals surface area (Å²) in [7, 11) is 1.35. The number of ether oxygens (including phenoxy) is 1. The number of benzene rings is 4. The molecule has 0 saturated carbocycles. The Bertz CT molecular complexity index is 1490. The first kappa shape index (κ1) is 27.7. The van der Waals surface area contributed by atoms with Crippen LogP contribution in [0, 0.1) is 6.92 Å². The average Bonchev–Trinajstić information content (AvgIpc) is 3.31. The molecule has 5 nitrogen and oxygen atoms in total. The van der Waals surface area contributed by atoms with Crippen LogP contribution in [0.1, 0.15) is 45.1 Å². The quantitative estimate of drug-likeness (QED) is 0.219. The van der Waals surface area contributed by atoms with Gasteiger partial charge < -0.3 is 15.4 Å². The molecule has 0 aliphatic heterocycles. The minimum absolute atomic E-state index is 0.0922. The fourth-order valence-corrected chi connectivity index (χ4v) is 5.93. The number of carbonyl (C=O) groups is 2. The molecule has 5 rings (SSSR count). The number of thioether (sulfide) groups is 1. The van der Waals surface area contributed by atoms with Crippen LogP contribution in [0.4, 0.5) is 0 Å². The minimum Gasteiger partial charge on any atom is -0.467 e. The van der Waals surface area contributed by atoms with Gasteiger partial charge in [-0.25, -0.2) is 4.79 Å². The van der Waals surface area contributed by atoms with Gasteiger partial charge in [0.05, 0.1) is 13.2 Å². The van der Waals surface area contributed by atoms with E-state index in [1.54, 1.807) is 11.8 Å². The molecule has 0 unspecified atom stereocenters. The summed E-state index contributed by atoms with van der Waals surface area (Å²) in [4.78, 5) is 25.9. The van der Waals surface area contributed by atoms with Crippen LogP contribution in [0.25, 0.3) is 22.3 Å². The summed E-state index contributed by atoms with van der Waals surface area (Å²) in [6, 6.07) is 30.5. The molecule has 1 amide bonds. The lowest BCUT2D eigenvalue weighted by Crippen LogP contribution is -2.42. The second-order valence-corrected chi connectivity index (χ2v) is 11.0. The number of hydrogen-bond donors (Lipinski definition) is 2. The number of nitrogens with one attached hydrogen (secondary N) is 2. The van der Waals surface area contributed by atoms with Crippen molar-refractivity contribution in [2.75, 3.05) is 19.1 Å². The smallest absolute Gasteiger partial charge is 0.328 e. The largest absolute Gasteiger partial charge is 0.467 e. The molecular weight excluding hydrogens is 516 g/mol. The number of methoxy groups -OCH3 is 1. The van der Waals surface area contributed by atoms with E-state index >= 15 is 0 Å². The van der Waals surface area contributed by atoms with E-state index in [0.29, 0.717) is 18.5 Å². The zero-order valence-electron chi connectivity index (χ0n) is 23.1. The Morgan fingerprint density at radius 2 is 1.48 bits per heavy atom. The summed E-state index contributed by atoms with van der Waals surface area (Å²) in [5.74, 6) is 0.0219. The van der Waals surface area contributed by atoms with Gasteiger partial charge in [0.25, 0.3) is 5.91 Å². The van der Waals surface area contributed by atoms with Crippen molar-refractivity contribution in [3.8, 4) is 22.3 Å². The molecule has 0 spiro atoms. The van der Waals surface area contributed by atoms with E-state index in [0.717, 1.165) is 28.0 Å². The van der Waals surface area contributed by atoms with E-state index in [9.17, 15) is 9.59 Å². The Labute approximate surface area is 240 Å². The van der Waals surface area contributed by atoms with Crippen molar-refractivity contribution in [2.24, 2.45) is 0 Å². The van der Waals surface area contributed by atoms with E-state index in [1.165, 1.54) is 29.4 Å². The van der Waals surface area contributed by atoms with Gasteiger partial charge in [-0.2, -0.15) is 11.8 Å². The predicted molar refractivity (Wildman–Crippen MR) is 163 cm³/mol. The highest BCUT2D eigenvalue weighted by Crippen LogP contribution is 2.43. The average molecular weight is 551 g/mol. The van der Waals surface area contributed by atoms with Crippen molar-refractivity contribution in [3.63, 3.8) is 0 Å². The van der Waals surface area contributed by atoms with Gasteiger partial charge in [0, 0.05) is 12.1 Å². The predicted octanol–water partition coefficient (Wildman–Crippen LogP) is 6.55. The van der Waals surface area contributed by atoms with E-state index < -0.39 is 12.0 Å². The molecule has 6 heteroatoms. The van der Waals surface area contributed by atoms with Crippen molar-refractivity contribution < 1.29 is 14.3 Å². The lowest BCUT2D eigenvalue weighted by molar-refractivity contribution is -0.142. The Morgan fingerprint density at radius 1 is 0.850 bits per heavy atom. The summed E-state index contributed by atoms with van der Waals surface area (Å²) in [5, 5.41) is 6.69. The molecule has 0 aromatic heterocycles. The minimum atomic E-state index is -0.696. The number of carbonyl (C=O) groups excluding carboxylic acids is 2. The molecular formula is C34H34N2O3S. The van der Waals surface area contributed by atoms with Crippen LogP contribution in [0.3, 0.4) is 0 Å². The van der Waals surface area contributed by atoms with E-state index in [1.807, 2.05) is 49.6 Å². The highest BCUT2D eigenvalue weighted by Gasteiger charge is 2.28. The molecule has 0 bridgehead atoms. The first-order valence-electron chi connectivity index (χ1n) is 13.5. The van der Waals surface area contributed by atoms with Gasteiger partial charge in [0.15, 0.2) is 0 Å². The highest BCUT2D eigenvalue weighted by molar-refractivity contribution is 7.98.